The minimum absolute atomic E-state index is 0.118. The first-order chi connectivity index (χ1) is 16.6. The number of fused-ring (bicyclic) bond motifs is 5. The summed E-state index contributed by atoms with van der Waals surface area (Å²) in [4.78, 5) is 27.8. The highest BCUT2D eigenvalue weighted by Gasteiger charge is 2.57. The van der Waals surface area contributed by atoms with Crippen molar-refractivity contribution >= 4 is 23.3 Å². The number of nitrogens with one attached hydrogen (secondary N) is 2. The lowest BCUT2D eigenvalue weighted by molar-refractivity contribution is -0.122. The van der Waals surface area contributed by atoms with Gasteiger partial charge in [0.25, 0.3) is 0 Å². The summed E-state index contributed by atoms with van der Waals surface area (Å²) in [6, 6.07) is 16.2. The van der Waals surface area contributed by atoms with E-state index in [9.17, 15) is 14.0 Å². The van der Waals surface area contributed by atoms with E-state index in [0.29, 0.717) is 22.9 Å². The van der Waals surface area contributed by atoms with Gasteiger partial charge in [-0.3, -0.25) is 4.79 Å². The number of carbonyl (C=O) groups excluding carboxylic acids is 2. The molecule has 0 aromatic heterocycles. The number of anilines is 2. The Balaban J connectivity index is 1.23. The molecule has 3 aromatic carbocycles. The molecule has 0 fully saturated rings. The Morgan fingerprint density at radius 1 is 0.971 bits per heavy atom. The van der Waals surface area contributed by atoms with Crippen LogP contribution in [0.2, 0.25) is 0 Å². The van der Waals surface area contributed by atoms with Crippen molar-refractivity contribution in [3.8, 4) is 17.2 Å². The minimum Gasteiger partial charge on any atom is -0.491 e. The fourth-order valence-electron chi connectivity index (χ4n) is 4.78. The van der Waals surface area contributed by atoms with Crippen LogP contribution in [-0.4, -0.2) is 38.4 Å². The van der Waals surface area contributed by atoms with Gasteiger partial charge in [0.2, 0.25) is 12.7 Å². The third-order valence-corrected chi connectivity index (χ3v) is 6.37. The minimum atomic E-state index is -0.983. The summed E-state index contributed by atoms with van der Waals surface area (Å²) in [7, 11) is 0. The van der Waals surface area contributed by atoms with E-state index in [-0.39, 0.29) is 38.2 Å². The Morgan fingerprint density at radius 2 is 1.74 bits per heavy atom. The Kier molecular flexibility index (Phi) is 4.58. The summed E-state index contributed by atoms with van der Waals surface area (Å²) in [6.07, 6.45) is 0. The normalized spacial score (nSPS) is 19.1. The van der Waals surface area contributed by atoms with Crippen molar-refractivity contribution in [1.29, 1.82) is 0 Å². The molecule has 8 nitrogen and oxygen atoms in total. The van der Waals surface area contributed by atoms with E-state index in [2.05, 4.69) is 10.6 Å². The largest absolute Gasteiger partial charge is 0.491 e. The second kappa shape index (κ2) is 7.65. The molecule has 3 aromatic rings. The highest BCUT2D eigenvalue weighted by atomic mass is 19.1. The van der Waals surface area contributed by atoms with Gasteiger partial charge in [-0.15, -0.1) is 0 Å². The second-order valence-corrected chi connectivity index (χ2v) is 8.26. The molecule has 6 rings (SSSR count). The van der Waals surface area contributed by atoms with Crippen molar-refractivity contribution in [3.05, 3.63) is 77.6 Å². The van der Waals surface area contributed by atoms with Crippen molar-refractivity contribution in [2.45, 2.75) is 5.41 Å². The van der Waals surface area contributed by atoms with Gasteiger partial charge in [-0.2, -0.15) is 0 Å². The number of benzene rings is 3. The summed E-state index contributed by atoms with van der Waals surface area (Å²) in [5.74, 6) is 1.29. The summed E-state index contributed by atoms with van der Waals surface area (Å²) in [5.41, 5.74) is 1.87. The van der Waals surface area contributed by atoms with Crippen LogP contribution in [0.3, 0.4) is 0 Å². The SMILES string of the molecule is O=C(NCCN1C(=O)C2(COc3cc4c(cc32)OCO4)c2ccccc21)Nc1ccc(F)cc1. The fraction of sp³-hybridized carbons (Fsp3) is 0.200. The van der Waals surface area contributed by atoms with E-state index >= 15 is 0 Å². The van der Waals surface area contributed by atoms with Gasteiger partial charge in [-0.1, -0.05) is 18.2 Å². The molecule has 2 N–H and O–H groups in total. The molecule has 3 aliphatic heterocycles. The number of para-hydroxylation sites is 1. The van der Waals surface area contributed by atoms with Crippen LogP contribution in [0.25, 0.3) is 0 Å². The second-order valence-electron chi connectivity index (χ2n) is 8.26. The number of ether oxygens (including phenoxy) is 3. The third kappa shape index (κ3) is 3.04. The van der Waals surface area contributed by atoms with E-state index < -0.39 is 11.4 Å². The lowest BCUT2D eigenvalue weighted by Gasteiger charge is -2.23. The van der Waals surface area contributed by atoms with E-state index in [4.69, 9.17) is 14.2 Å². The number of carbonyl (C=O) groups is 2. The fourth-order valence-corrected chi connectivity index (χ4v) is 4.78. The van der Waals surface area contributed by atoms with Crippen molar-refractivity contribution in [1.82, 2.24) is 5.32 Å². The maximum Gasteiger partial charge on any atom is 0.319 e. The lowest BCUT2D eigenvalue weighted by Crippen LogP contribution is -2.45. The molecule has 0 bridgehead atoms. The molecule has 3 heterocycles. The van der Waals surface area contributed by atoms with Gasteiger partial charge in [0.15, 0.2) is 11.5 Å². The molecule has 9 heteroatoms. The van der Waals surface area contributed by atoms with Gasteiger partial charge >= 0.3 is 6.03 Å². The van der Waals surface area contributed by atoms with E-state index in [0.717, 1.165) is 16.8 Å². The first-order valence-corrected chi connectivity index (χ1v) is 10.8. The molecular formula is C25H20FN3O5. The van der Waals surface area contributed by atoms with Crippen LogP contribution in [0.15, 0.2) is 60.7 Å². The average molecular weight is 461 g/mol. The van der Waals surface area contributed by atoms with Gasteiger partial charge in [-0.05, 0) is 42.0 Å². The quantitative estimate of drug-likeness (QED) is 0.622. The zero-order valence-corrected chi connectivity index (χ0v) is 18.0. The van der Waals surface area contributed by atoms with Gasteiger partial charge in [-0.25, -0.2) is 9.18 Å². The summed E-state index contributed by atoms with van der Waals surface area (Å²) < 4.78 is 30.0. The van der Waals surface area contributed by atoms with E-state index in [1.165, 1.54) is 24.3 Å². The van der Waals surface area contributed by atoms with Crippen molar-refractivity contribution in [2.75, 3.05) is 36.7 Å². The maximum atomic E-state index is 13.9. The molecule has 3 amide bonds. The first-order valence-electron chi connectivity index (χ1n) is 10.8. The molecule has 3 aliphatic rings. The van der Waals surface area contributed by atoms with Gasteiger partial charge in [0.05, 0.1) is 0 Å². The standard InChI is InChI=1S/C25H20FN3O5/c26-15-5-7-16(8-6-15)28-24(31)27-9-10-29-19-4-2-1-3-17(19)25(23(29)30)13-32-20-12-22-21(11-18(20)25)33-14-34-22/h1-8,11-12H,9-10,13-14H2,(H2,27,28,31). The Labute approximate surface area is 194 Å². The van der Waals surface area contributed by atoms with Crippen LogP contribution < -0.4 is 29.7 Å². The number of hydrogen-bond acceptors (Lipinski definition) is 5. The lowest BCUT2D eigenvalue weighted by atomic mass is 9.77. The smallest absolute Gasteiger partial charge is 0.319 e. The third-order valence-electron chi connectivity index (χ3n) is 6.37. The Bertz CT molecular complexity index is 1310. The Hall–Kier alpha value is -4.27. The number of amides is 3. The van der Waals surface area contributed by atoms with Crippen LogP contribution in [0.4, 0.5) is 20.6 Å². The van der Waals surface area contributed by atoms with Gasteiger partial charge in [0, 0.05) is 36.1 Å². The highest BCUT2D eigenvalue weighted by Crippen LogP contribution is 2.54. The van der Waals surface area contributed by atoms with Crippen molar-refractivity contribution in [2.24, 2.45) is 0 Å². The van der Waals surface area contributed by atoms with Crippen LogP contribution in [0.5, 0.6) is 17.2 Å². The number of hydrogen-bond donors (Lipinski definition) is 2. The topological polar surface area (TPSA) is 89.1 Å². The number of rotatable bonds is 4. The molecular weight excluding hydrogens is 441 g/mol. The molecule has 1 unspecified atom stereocenters. The zero-order valence-electron chi connectivity index (χ0n) is 18.0. The molecule has 1 spiro atoms. The van der Waals surface area contributed by atoms with Crippen molar-refractivity contribution < 1.29 is 28.2 Å². The number of urea groups is 1. The van der Waals surface area contributed by atoms with E-state index in [1.807, 2.05) is 30.3 Å². The molecule has 0 saturated carbocycles. The van der Waals surface area contributed by atoms with Crippen LogP contribution in [-0.2, 0) is 10.2 Å². The number of halogens is 1. The average Bonchev–Trinajstić information content (AvgIpc) is 3.51. The van der Waals surface area contributed by atoms with Gasteiger partial charge in [0.1, 0.15) is 23.6 Å². The predicted molar refractivity (Wildman–Crippen MR) is 121 cm³/mol. The number of nitrogens with zero attached hydrogens (tertiary/aromatic N) is 1. The Morgan fingerprint density at radius 3 is 2.56 bits per heavy atom. The van der Waals surface area contributed by atoms with Crippen LogP contribution >= 0.6 is 0 Å². The molecule has 0 saturated heterocycles. The highest BCUT2D eigenvalue weighted by molar-refractivity contribution is 6.11. The maximum absolute atomic E-state index is 13.9. The summed E-state index contributed by atoms with van der Waals surface area (Å²) in [6.45, 7) is 0.802. The predicted octanol–water partition coefficient (Wildman–Crippen LogP) is 3.40. The van der Waals surface area contributed by atoms with Crippen LogP contribution in [0, 0.1) is 5.82 Å². The van der Waals surface area contributed by atoms with Gasteiger partial charge < -0.3 is 29.7 Å². The molecule has 1 atom stereocenters. The monoisotopic (exact) mass is 461 g/mol. The molecule has 34 heavy (non-hydrogen) atoms. The molecule has 0 radical (unpaired) electrons. The van der Waals surface area contributed by atoms with E-state index in [1.54, 1.807) is 11.0 Å². The summed E-state index contributed by atoms with van der Waals surface area (Å²) in [5, 5.41) is 5.40. The summed E-state index contributed by atoms with van der Waals surface area (Å²) >= 11 is 0. The van der Waals surface area contributed by atoms with Crippen LogP contribution in [0.1, 0.15) is 11.1 Å². The zero-order chi connectivity index (χ0) is 23.3. The molecule has 0 aliphatic carbocycles. The molecule has 172 valence electrons. The first kappa shape index (κ1) is 20.3. The van der Waals surface area contributed by atoms with Crippen molar-refractivity contribution in [3.63, 3.8) is 0 Å².